The van der Waals surface area contributed by atoms with Crippen molar-refractivity contribution in [2.75, 3.05) is 29.6 Å². The Bertz CT molecular complexity index is 924. The number of hydrogen-bond donors (Lipinski definition) is 2. The molecule has 1 aromatic heterocycles. The molecule has 6 heteroatoms. The number of aryl methyl sites for hydroxylation is 1. The molecule has 6 nitrogen and oxygen atoms in total. The second-order valence-corrected chi connectivity index (χ2v) is 6.10. The van der Waals surface area contributed by atoms with Crippen LogP contribution in [0.1, 0.15) is 11.3 Å². The van der Waals surface area contributed by atoms with E-state index in [9.17, 15) is 0 Å². The van der Waals surface area contributed by atoms with Crippen LogP contribution < -0.4 is 15.5 Å². The summed E-state index contributed by atoms with van der Waals surface area (Å²) < 4.78 is 0. The largest absolute Gasteiger partial charge is 0.378 e. The van der Waals surface area contributed by atoms with Gasteiger partial charge in [-0.1, -0.05) is 0 Å². The first-order chi connectivity index (χ1) is 12.5. The van der Waals surface area contributed by atoms with Crippen LogP contribution in [-0.2, 0) is 0 Å². The minimum Gasteiger partial charge on any atom is -0.378 e. The van der Waals surface area contributed by atoms with E-state index in [1.807, 2.05) is 68.4 Å². The normalized spacial score (nSPS) is 10.1. The molecule has 0 spiro atoms. The van der Waals surface area contributed by atoms with Crippen molar-refractivity contribution in [3.05, 3.63) is 65.9 Å². The van der Waals surface area contributed by atoms with E-state index in [0.29, 0.717) is 17.3 Å². The van der Waals surface area contributed by atoms with Crippen molar-refractivity contribution >= 4 is 28.8 Å². The molecule has 0 amide bonds. The van der Waals surface area contributed by atoms with Gasteiger partial charge in [0.15, 0.2) is 0 Å². The van der Waals surface area contributed by atoms with Crippen molar-refractivity contribution in [2.24, 2.45) is 0 Å². The molecule has 0 saturated heterocycles. The van der Waals surface area contributed by atoms with Crippen molar-refractivity contribution < 1.29 is 0 Å². The molecule has 0 aliphatic rings. The maximum absolute atomic E-state index is 8.88. The molecule has 0 saturated carbocycles. The predicted octanol–water partition coefficient (Wildman–Crippen LogP) is 4.21. The lowest BCUT2D eigenvalue weighted by Crippen LogP contribution is -2.08. The molecule has 26 heavy (non-hydrogen) atoms. The van der Waals surface area contributed by atoms with Crippen LogP contribution in [-0.4, -0.2) is 24.1 Å². The maximum Gasteiger partial charge on any atom is 0.229 e. The highest BCUT2D eigenvalue weighted by Gasteiger charge is 2.04. The summed E-state index contributed by atoms with van der Waals surface area (Å²) in [6, 6.07) is 19.3. The zero-order valence-electron chi connectivity index (χ0n) is 15.0. The van der Waals surface area contributed by atoms with Crippen LogP contribution in [0.2, 0.25) is 0 Å². The van der Waals surface area contributed by atoms with Gasteiger partial charge in [0.1, 0.15) is 5.82 Å². The number of anilines is 5. The maximum atomic E-state index is 8.88. The summed E-state index contributed by atoms with van der Waals surface area (Å²) in [6.07, 6.45) is 0. The monoisotopic (exact) mass is 344 g/mol. The van der Waals surface area contributed by atoms with E-state index in [0.717, 1.165) is 22.8 Å². The molecule has 130 valence electrons. The molecule has 2 aromatic carbocycles. The molecule has 0 bridgehead atoms. The van der Waals surface area contributed by atoms with Crippen molar-refractivity contribution in [1.82, 2.24) is 9.97 Å². The van der Waals surface area contributed by atoms with Crippen LogP contribution in [0.4, 0.5) is 28.8 Å². The van der Waals surface area contributed by atoms with Crippen LogP contribution in [0.15, 0.2) is 54.6 Å². The zero-order chi connectivity index (χ0) is 18.5. The van der Waals surface area contributed by atoms with E-state index >= 15 is 0 Å². The highest BCUT2D eigenvalue weighted by Crippen LogP contribution is 2.21. The van der Waals surface area contributed by atoms with Gasteiger partial charge in [-0.15, -0.1) is 0 Å². The number of nitrogens with zero attached hydrogens (tertiary/aromatic N) is 4. The molecular weight excluding hydrogens is 324 g/mol. The SMILES string of the molecule is Cc1cc(Nc2ccc(C#N)cc2)nc(Nc2ccc(N(C)C)cc2)n1. The second kappa shape index (κ2) is 7.53. The molecule has 2 N–H and O–H groups in total. The van der Waals surface area contributed by atoms with E-state index in [2.05, 4.69) is 26.7 Å². The summed E-state index contributed by atoms with van der Waals surface area (Å²) in [7, 11) is 4.01. The molecule has 0 unspecified atom stereocenters. The predicted molar refractivity (Wildman–Crippen MR) is 105 cm³/mol. The first-order valence-electron chi connectivity index (χ1n) is 8.21. The summed E-state index contributed by atoms with van der Waals surface area (Å²) >= 11 is 0. The van der Waals surface area contributed by atoms with Crippen molar-refractivity contribution in [3.63, 3.8) is 0 Å². The lowest BCUT2D eigenvalue weighted by Gasteiger charge is -2.13. The summed E-state index contributed by atoms with van der Waals surface area (Å²) in [5.41, 5.74) is 4.39. The Balaban J connectivity index is 1.77. The fourth-order valence-corrected chi connectivity index (χ4v) is 2.44. The summed E-state index contributed by atoms with van der Waals surface area (Å²) in [5, 5.41) is 15.3. The number of hydrogen-bond acceptors (Lipinski definition) is 6. The lowest BCUT2D eigenvalue weighted by atomic mass is 10.2. The van der Waals surface area contributed by atoms with E-state index < -0.39 is 0 Å². The molecule has 3 rings (SSSR count). The second-order valence-electron chi connectivity index (χ2n) is 6.10. The molecular formula is C20H20N6. The smallest absolute Gasteiger partial charge is 0.229 e. The van der Waals surface area contributed by atoms with Gasteiger partial charge >= 0.3 is 0 Å². The molecule has 0 fully saturated rings. The van der Waals surface area contributed by atoms with Crippen molar-refractivity contribution in [3.8, 4) is 6.07 Å². The molecule has 3 aromatic rings. The van der Waals surface area contributed by atoms with E-state index in [1.54, 1.807) is 12.1 Å². The van der Waals surface area contributed by atoms with Crippen LogP contribution >= 0.6 is 0 Å². The average molecular weight is 344 g/mol. The molecule has 0 aliphatic carbocycles. The Morgan fingerprint density at radius 3 is 2.12 bits per heavy atom. The van der Waals surface area contributed by atoms with Gasteiger partial charge in [0, 0.05) is 42.9 Å². The topological polar surface area (TPSA) is 76.9 Å². The van der Waals surface area contributed by atoms with Crippen LogP contribution in [0.25, 0.3) is 0 Å². The van der Waals surface area contributed by atoms with Crippen molar-refractivity contribution in [2.45, 2.75) is 6.92 Å². The first kappa shape index (κ1) is 17.2. The minimum absolute atomic E-state index is 0.527. The molecule has 0 atom stereocenters. The fourth-order valence-electron chi connectivity index (χ4n) is 2.44. The summed E-state index contributed by atoms with van der Waals surface area (Å²) in [6.45, 7) is 1.92. The Morgan fingerprint density at radius 2 is 1.50 bits per heavy atom. The van der Waals surface area contributed by atoms with E-state index in [4.69, 9.17) is 5.26 Å². The third-order valence-electron chi connectivity index (χ3n) is 3.78. The van der Waals surface area contributed by atoms with E-state index in [-0.39, 0.29) is 0 Å². The molecule has 0 radical (unpaired) electrons. The fraction of sp³-hybridized carbons (Fsp3) is 0.150. The highest BCUT2D eigenvalue weighted by molar-refractivity contribution is 5.62. The minimum atomic E-state index is 0.527. The number of benzene rings is 2. The van der Waals surface area contributed by atoms with Crippen LogP contribution in [0.3, 0.4) is 0 Å². The number of aromatic nitrogens is 2. The summed E-state index contributed by atoms with van der Waals surface area (Å²) in [4.78, 5) is 11.0. The quantitative estimate of drug-likeness (QED) is 0.722. The Hall–Kier alpha value is -3.59. The van der Waals surface area contributed by atoms with Gasteiger partial charge in [-0.25, -0.2) is 4.98 Å². The number of rotatable bonds is 5. The molecule has 1 heterocycles. The van der Waals surface area contributed by atoms with Gasteiger partial charge in [0.25, 0.3) is 0 Å². The highest BCUT2D eigenvalue weighted by atomic mass is 15.1. The van der Waals surface area contributed by atoms with Gasteiger partial charge in [-0.05, 0) is 55.5 Å². The zero-order valence-corrected chi connectivity index (χ0v) is 15.0. The number of nitriles is 1. The van der Waals surface area contributed by atoms with Gasteiger partial charge in [0.05, 0.1) is 11.6 Å². The summed E-state index contributed by atoms with van der Waals surface area (Å²) in [5.74, 6) is 1.22. The third-order valence-corrected chi connectivity index (χ3v) is 3.78. The van der Waals surface area contributed by atoms with Crippen LogP contribution in [0.5, 0.6) is 0 Å². The van der Waals surface area contributed by atoms with E-state index in [1.165, 1.54) is 0 Å². The van der Waals surface area contributed by atoms with Crippen LogP contribution in [0, 0.1) is 18.3 Å². The standard InChI is InChI=1S/C20H20N6/c1-14-12-19(23-16-6-4-15(13-21)5-7-16)25-20(22-14)24-17-8-10-18(11-9-17)26(2)3/h4-12H,1-3H3,(H2,22,23,24,25). The number of nitrogens with one attached hydrogen (secondary N) is 2. The first-order valence-corrected chi connectivity index (χ1v) is 8.21. The Kier molecular flexibility index (Phi) is 4.99. The third kappa shape index (κ3) is 4.28. The Morgan fingerprint density at radius 1 is 0.885 bits per heavy atom. The van der Waals surface area contributed by atoms with Crippen molar-refractivity contribution in [1.29, 1.82) is 5.26 Å². The van der Waals surface area contributed by atoms with Gasteiger partial charge in [0.2, 0.25) is 5.95 Å². The average Bonchev–Trinajstić information content (AvgIpc) is 2.62. The van der Waals surface area contributed by atoms with Gasteiger partial charge in [-0.2, -0.15) is 10.2 Å². The Labute approximate surface area is 153 Å². The lowest BCUT2D eigenvalue weighted by molar-refractivity contribution is 1.10. The van der Waals surface area contributed by atoms with Gasteiger partial charge in [-0.3, -0.25) is 0 Å². The van der Waals surface area contributed by atoms with Gasteiger partial charge < -0.3 is 15.5 Å². The molecule has 0 aliphatic heterocycles.